The zero-order valence-corrected chi connectivity index (χ0v) is 13.9. The van der Waals surface area contributed by atoms with Gasteiger partial charge in [0.15, 0.2) is 0 Å². The van der Waals surface area contributed by atoms with Gasteiger partial charge < -0.3 is 4.57 Å². The van der Waals surface area contributed by atoms with Gasteiger partial charge in [-0.05, 0) is 12.1 Å². The molecule has 0 bridgehead atoms. The van der Waals surface area contributed by atoms with E-state index in [1.807, 2.05) is 0 Å². The van der Waals surface area contributed by atoms with Gasteiger partial charge in [-0.2, -0.15) is 0 Å². The maximum atomic E-state index is 12.5. The largest absolute Gasteiger partial charge is 0.313 e. The highest BCUT2D eigenvalue weighted by Crippen LogP contribution is 2.33. The molecule has 0 radical (unpaired) electrons. The van der Waals surface area contributed by atoms with Gasteiger partial charge in [0.05, 0.1) is 32.5 Å². The molecule has 2 aromatic carbocycles. The van der Waals surface area contributed by atoms with E-state index in [0.29, 0.717) is 11.6 Å². The second-order valence-corrected chi connectivity index (χ2v) is 5.66. The average Bonchev–Trinajstić information content (AvgIpc) is 2.90. The van der Waals surface area contributed by atoms with Gasteiger partial charge in [0.1, 0.15) is 5.02 Å². The molecule has 0 aliphatic rings. The van der Waals surface area contributed by atoms with Gasteiger partial charge in [-0.3, -0.25) is 30.3 Å². The van der Waals surface area contributed by atoms with Crippen molar-refractivity contribution < 1.29 is 14.6 Å². The van der Waals surface area contributed by atoms with E-state index in [4.69, 9.17) is 11.6 Å². The third-order valence-electron chi connectivity index (χ3n) is 3.70. The fourth-order valence-electron chi connectivity index (χ4n) is 2.42. The molecule has 10 nitrogen and oxygen atoms in total. The number of aromatic nitrogens is 2. The summed E-state index contributed by atoms with van der Waals surface area (Å²) in [5, 5.41) is 24.0. The van der Waals surface area contributed by atoms with Crippen molar-refractivity contribution in [3.05, 3.63) is 67.2 Å². The van der Waals surface area contributed by atoms with Gasteiger partial charge in [0.25, 0.3) is 17.3 Å². The molecule has 0 aliphatic heterocycles. The van der Waals surface area contributed by atoms with Crippen LogP contribution >= 0.6 is 11.6 Å². The molecule has 132 valence electrons. The molecule has 1 aromatic heterocycles. The maximum Gasteiger partial charge on any atom is 0.295 e. The van der Waals surface area contributed by atoms with Crippen molar-refractivity contribution in [2.45, 2.75) is 0 Å². The fourth-order valence-corrected chi connectivity index (χ4v) is 2.69. The molecule has 1 amide bonds. The van der Waals surface area contributed by atoms with Crippen molar-refractivity contribution in [3.63, 3.8) is 0 Å². The van der Waals surface area contributed by atoms with Crippen LogP contribution in [-0.2, 0) is 7.05 Å². The fraction of sp³-hybridized carbons (Fsp3) is 0.0667. The van der Waals surface area contributed by atoms with Crippen LogP contribution in [0.15, 0.2) is 36.4 Å². The van der Waals surface area contributed by atoms with Crippen LogP contribution in [0, 0.1) is 20.2 Å². The molecule has 0 fully saturated rings. The van der Waals surface area contributed by atoms with Crippen molar-refractivity contribution in [2.24, 2.45) is 7.05 Å². The van der Waals surface area contributed by atoms with Crippen molar-refractivity contribution in [1.82, 2.24) is 9.55 Å². The van der Waals surface area contributed by atoms with Crippen LogP contribution in [0.1, 0.15) is 10.4 Å². The first-order valence-corrected chi connectivity index (χ1v) is 7.52. The Balaban J connectivity index is 2.05. The van der Waals surface area contributed by atoms with Crippen LogP contribution in [0.4, 0.5) is 17.3 Å². The average molecular weight is 376 g/mol. The molecule has 3 aromatic rings. The first kappa shape index (κ1) is 17.3. The third kappa shape index (κ3) is 2.93. The first-order valence-electron chi connectivity index (χ1n) is 7.14. The summed E-state index contributed by atoms with van der Waals surface area (Å²) in [7, 11) is 1.67. The number of non-ortho nitro benzene ring substituents is 1. The lowest BCUT2D eigenvalue weighted by Gasteiger charge is -2.07. The molecule has 0 saturated heterocycles. The number of rotatable bonds is 4. The lowest BCUT2D eigenvalue weighted by molar-refractivity contribution is -0.394. The van der Waals surface area contributed by atoms with E-state index in [1.165, 1.54) is 0 Å². The molecule has 0 unspecified atom stereocenters. The standard InChI is InChI=1S/C15H10ClN5O5/c1-19-11-5-3-2-4-10(11)17-15(19)18-14(22)9-6-8(20(23)24)7-12(13(9)16)21(25)26/h2-7H,1H3,(H,17,18,22). The highest BCUT2D eigenvalue weighted by atomic mass is 35.5. The molecule has 3 rings (SSSR count). The second-order valence-electron chi connectivity index (χ2n) is 5.28. The Bertz CT molecular complexity index is 1080. The van der Waals surface area contributed by atoms with Gasteiger partial charge in [-0.25, -0.2) is 4.98 Å². The molecule has 1 N–H and O–H groups in total. The molecule has 26 heavy (non-hydrogen) atoms. The van der Waals surface area contributed by atoms with Crippen LogP contribution in [0.5, 0.6) is 0 Å². The van der Waals surface area contributed by atoms with Gasteiger partial charge in [-0.15, -0.1) is 0 Å². The Morgan fingerprint density at radius 3 is 2.50 bits per heavy atom. The zero-order chi connectivity index (χ0) is 19.0. The smallest absolute Gasteiger partial charge is 0.295 e. The van der Waals surface area contributed by atoms with E-state index >= 15 is 0 Å². The number of anilines is 1. The van der Waals surface area contributed by atoms with Gasteiger partial charge in [0.2, 0.25) is 5.95 Å². The number of aryl methyl sites for hydroxylation is 1. The first-order chi connectivity index (χ1) is 12.3. The number of benzene rings is 2. The number of nitro benzene ring substituents is 2. The molecule has 0 saturated carbocycles. The van der Waals surface area contributed by atoms with Crippen molar-refractivity contribution in [3.8, 4) is 0 Å². The Hall–Kier alpha value is -3.53. The number of hydrogen-bond donors (Lipinski definition) is 1. The molecular formula is C15H10ClN5O5. The number of imidazole rings is 1. The number of carbonyl (C=O) groups is 1. The second kappa shape index (κ2) is 6.41. The van der Waals surface area contributed by atoms with Crippen LogP contribution in [0.3, 0.4) is 0 Å². The molecule has 0 spiro atoms. The number of nitro groups is 2. The van der Waals surface area contributed by atoms with Gasteiger partial charge in [0, 0.05) is 13.1 Å². The summed E-state index contributed by atoms with van der Waals surface area (Å²) in [5.74, 6) is -0.679. The van der Waals surface area contributed by atoms with Crippen LogP contribution in [0.25, 0.3) is 11.0 Å². The number of para-hydroxylation sites is 2. The van der Waals surface area contributed by atoms with E-state index in [-0.39, 0.29) is 11.5 Å². The maximum absolute atomic E-state index is 12.5. The van der Waals surface area contributed by atoms with Gasteiger partial charge in [-0.1, -0.05) is 23.7 Å². The van der Waals surface area contributed by atoms with Crippen molar-refractivity contribution >= 4 is 45.9 Å². The number of fused-ring (bicyclic) bond motifs is 1. The quantitative estimate of drug-likeness (QED) is 0.549. The number of nitrogens with zero attached hydrogens (tertiary/aromatic N) is 4. The Morgan fingerprint density at radius 1 is 1.19 bits per heavy atom. The summed E-state index contributed by atoms with van der Waals surface area (Å²) in [5.41, 5.74) is -0.354. The number of nitrogens with one attached hydrogen (secondary N) is 1. The van der Waals surface area contributed by atoms with E-state index in [1.54, 1.807) is 35.9 Å². The topological polar surface area (TPSA) is 133 Å². The minimum absolute atomic E-state index is 0.168. The Kier molecular flexibility index (Phi) is 4.26. The van der Waals surface area contributed by atoms with E-state index < -0.39 is 32.2 Å². The molecular weight excluding hydrogens is 366 g/mol. The number of amides is 1. The highest BCUT2D eigenvalue weighted by Gasteiger charge is 2.27. The van der Waals surface area contributed by atoms with Crippen LogP contribution < -0.4 is 5.32 Å². The summed E-state index contributed by atoms with van der Waals surface area (Å²) in [6.45, 7) is 0. The summed E-state index contributed by atoms with van der Waals surface area (Å²) < 4.78 is 1.60. The predicted molar refractivity (Wildman–Crippen MR) is 93.4 cm³/mol. The van der Waals surface area contributed by atoms with Crippen LogP contribution in [0.2, 0.25) is 5.02 Å². The van der Waals surface area contributed by atoms with E-state index in [9.17, 15) is 25.0 Å². The summed E-state index contributed by atoms with van der Waals surface area (Å²) >= 11 is 5.91. The number of halogens is 1. The third-order valence-corrected chi connectivity index (χ3v) is 4.10. The minimum atomic E-state index is -0.888. The lowest BCUT2D eigenvalue weighted by Crippen LogP contribution is -2.16. The molecule has 11 heteroatoms. The Morgan fingerprint density at radius 2 is 1.88 bits per heavy atom. The molecule has 0 aliphatic carbocycles. The van der Waals surface area contributed by atoms with Crippen molar-refractivity contribution in [1.29, 1.82) is 0 Å². The zero-order valence-electron chi connectivity index (χ0n) is 13.2. The number of hydrogen-bond acceptors (Lipinski definition) is 6. The number of carbonyl (C=O) groups excluding carboxylic acids is 1. The summed E-state index contributed by atoms with van der Waals surface area (Å²) in [6, 6.07) is 8.71. The monoisotopic (exact) mass is 375 g/mol. The minimum Gasteiger partial charge on any atom is -0.313 e. The van der Waals surface area contributed by atoms with E-state index in [2.05, 4.69) is 10.3 Å². The summed E-state index contributed by atoms with van der Waals surface area (Å²) in [4.78, 5) is 37.1. The van der Waals surface area contributed by atoms with E-state index in [0.717, 1.165) is 11.6 Å². The Labute approximate surface area is 150 Å². The summed E-state index contributed by atoms with van der Waals surface area (Å²) in [6.07, 6.45) is 0. The highest BCUT2D eigenvalue weighted by molar-refractivity contribution is 6.36. The van der Waals surface area contributed by atoms with Crippen molar-refractivity contribution in [2.75, 3.05) is 5.32 Å². The normalized spacial score (nSPS) is 10.7. The SMILES string of the molecule is Cn1c(NC(=O)c2cc([N+](=O)[O-])cc([N+](=O)[O-])c2Cl)nc2ccccc21. The molecule has 0 atom stereocenters. The predicted octanol–water partition coefficient (Wildman–Crippen LogP) is 3.30. The van der Waals surface area contributed by atoms with Gasteiger partial charge >= 0.3 is 0 Å². The lowest BCUT2D eigenvalue weighted by atomic mass is 10.1. The van der Waals surface area contributed by atoms with Crippen LogP contribution in [-0.4, -0.2) is 25.3 Å². The molecule has 1 heterocycles.